The first-order valence-corrected chi connectivity index (χ1v) is 7.41. The average molecular weight is 292 g/mol. The van der Waals surface area contributed by atoms with E-state index < -0.39 is 0 Å². The maximum absolute atomic E-state index is 6.11. The summed E-state index contributed by atoms with van der Waals surface area (Å²) in [5, 5.41) is 7.22. The number of hydrogen-bond donors (Lipinski definition) is 3. The lowest BCUT2D eigenvalue weighted by molar-refractivity contribution is 0.759. The number of hydrogen-bond acceptors (Lipinski definition) is 7. The van der Waals surface area contributed by atoms with Gasteiger partial charge in [0.25, 0.3) is 0 Å². The highest BCUT2D eigenvalue weighted by molar-refractivity contribution is 7.15. The summed E-state index contributed by atoms with van der Waals surface area (Å²) in [6.07, 6.45) is 2.49. The monoisotopic (exact) mass is 292 g/mol. The number of aryl methyl sites for hydroxylation is 2. The largest absolute Gasteiger partial charge is 0.393 e. The number of aromatic nitrogens is 3. The Morgan fingerprint density at radius 2 is 2.00 bits per heavy atom. The van der Waals surface area contributed by atoms with Gasteiger partial charge in [0, 0.05) is 10.9 Å². The van der Waals surface area contributed by atoms with Crippen LogP contribution in [0.25, 0.3) is 0 Å². The molecule has 0 bridgehead atoms. The smallest absolute Gasteiger partial charge is 0.188 e. The number of nitrogens with one attached hydrogen (secondary N) is 2. The number of rotatable bonds is 5. The van der Waals surface area contributed by atoms with Gasteiger partial charge in [0.2, 0.25) is 0 Å². The minimum absolute atomic E-state index is 0.310. The highest BCUT2D eigenvalue weighted by Crippen LogP contribution is 2.29. The van der Waals surface area contributed by atoms with Gasteiger partial charge < -0.3 is 16.4 Å². The highest BCUT2D eigenvalue weighted by atomic mass is 32.1. The summed E-state index contributed by atoms with van der Waals surface area (Å²) >= 11 is 1.58. The van der Waals surface area contributed by atoms with Gasteiger partial charge in [-0.2, -0.15) is 0 Å². The Kier molecular flexibility index (Phi) is 4.39. The SMILES string of the molecule is CCC(C)Nc1ncnc(Nc2nc(C)c(C)s2)c1N. The normalized spacial score (nSPS) is 12.2. The molecule has 0 aromatic carbocycles. The second kappa shape index (κ2) is 6.04. The van der Waals surface area contributed by atoms with Crippen LogP contribution in [0.4, 0.5) is 22.5 Å². The standard InChI is InChI=1S/C13H20N6S/c1-5-7(2)17-11-10(14)12(16-6-15-11)19-13-18-8(3)9(4)20-13/h6-7H,5,14H2,1-4H3,(H2,15,16,17,18,19). The quantitative estimate of drug-likeness (QED) is 0.784. The Bertz CT molecular complexity index is 575. The lowest BCUT2D eigenvalue weighted by Gasteiger charge is -2.15. The van der Waals surface area contributed by atoms with Crippen molar-refractivity contribution in [2.24, 2.45) is 0 Å². The molecule has 6 nitrogen and oxygen atoms in total. The summed E-state index contributed by atoms with van der Waals surface area (Å²) in [6, 6.07) is 0.310. The van der Waals surface area contributed by atoms with Crippen LogP contribution < -0.4 is 16.4 Å². The lowest BCUT2D eigenvalue weighted by atomic mass is 10.2. The summed E-state index contributed by atoms with van der Waals surface area (Å²) < 4.78 is 0. The Balaban J connectivity index is 2.22. The second-order valence-electron chi connectivity index (χ2n) is 4.72. The van der Waals surface area contributed by atoms with Crippen molar-refractivity contribution in [1.82, 2.24) is 15.0 Å². The molecule has 1 unspecified atom stereocenters. The third-order valence-corrected chi connectivity index (χ3v) is 4.12. The van der Waals surface area contributed by atoms with Gasteiger partial charge in [-0.3, -0.25) is 0 Å². The highest BCUT2D eigenvalue weighted by Gasteiger charge is 2.12. The molecule has 20 heavy (non-hydrogen) atoms. The summed E-state index contributed by atoms with van der Waals surface area (Å²) in [5.74, 6) is 1.24. The van der Waals surface area contributed by atoms with E-state index in [0.717, 1.165) is 17.2 Å². The van der Waals surface area contributed by atoms with Crippen LogP contribution in [-0.4, -0.2) is 21.0 Å². The van der Waals surface area contributed by atoms with Crippen LogP contribution in [0.5, 0.6) is 0 Å². The maximum atomic E-state index is 6.11. The van der Waals surface area contributed by atoms with Crippen LogP contribution in [0.1, 0.15) is 30.8 Å². The zero-order valence-corrected chi connectivity index (χ0v) is 13.0. The Morgan fingerprint density at radius 1 is 1.30 bits per heavy atom. The average Bonchev–Trinajstić information content (AvgIpc) is 2.73. The molecule has 0 spiro atoms. The van der Waals surface area contributed by atoms with Crippen molar-refractivity contribution < 1.29 is 0 Å². The van der Waals surface area contributed by atoms with Crippen molar-refractivity contribution in [2.75, 3.05) is 16.4 Å². The van der Waals surface area contributed by atoms with E-state index in [-0.39, 0.29) is 0 Å². The van der Waals surface area contributed by atoms with Gasteiger partial charge in [0.05, 0.1) is 5.69 Å². The van der Waals surface area contributed by atoms with Gasteiger partial charge in [0.15, 0.2) is 16.8 Å². The van der Waals surface area contributed by atoms with E-state index in [9.17, 15) is 0 Å². The molecule has 0 saturated heterocycles. The fourth-order valence-corrected chi connectivity index (χ4v) is 2.39. The molecule has 108 valence electrons. The molecule has 0 fully saturated rings. The maximum Gasteiger partial charge on any atom is 0.188 e. The molecule has 4 N–H and O–H groups in total. The topological polar surface area (TPSA) is 88.8 Å². The molecule has 0 aliphatic carbocycles. The Labute approximate surface area is 122 Å². The van der Waals surface area contributed by atoms with Crippen molar-refractivity contribution in [1.29, 1.82) is 0 Å². The fraction of sp³-hybridized carbons (Fsp3) is 0.462. The molecule has 2 rings (SSSR count). The van der Waals surface area contributed by atoms with E-state index in [2.05, 4.69) is 39.4 Å². The minimum Gasteiger partial charge on any atom is -0.393 e. The Morgan fingerprint density at radius 3 is 2.60 bits per heavy atom. The van der Waals surface area contributed by atoms with E-state index >= 15 is 0 Å². The molecular formula is C13H20N6S. The lowest BCUT2D eigenvalue weighted by Crippen LogP contribution is -2.16. The molecule has 1 atom stereocenters. The van der Waals surface area contributed by atoms with Crippen LogP contribution >= 0.6 is 11.3 Å². The molecule has 0 aliphatic heterocycles. The third kappa shape index (κ3) is 3.16. The number of nitrogens with two attached hydrogens (primary N) is 1. The number of thiazole rings is 1. The van der Waals surface area contributed by atoms with E-state index in [4.69, 9.17) is 5.73 Å². The van der Waals surface area contributed by atoms with Crippen molar-refractivity contribution in [3.05, 3.63) is 16.9 Å². The predicted molar refractivity (Wildman–Crippen MR) is 84.7 cm³/mol. The summed E-state index contributed by atoms with van der Waals surface area (Å²) in [6.45, 7) is 8.21. The van der Waals surface area contributed by atoms with Crippen molar-refractivity contribution in [2.45, 2.75) is 40.2 Å². The minimum atomic E-state index is 0.310. The van der Waals surface area contributed by atoms with E-state index in [1.54, 1.807) is 11.3 Å². The summed E-state index contributed by atoms with van der Waals surface area (Å²) in [5.41, 5.74) is 7.63. The molecule has 7 heteroatoms. The van der Waals surface area contributed by atoms with Crippen LogP contribution in [0.15, 0.2) is 6.33 Å². The van der Waals surface area contributed by atoms with E-state index in [1.807, 2.05) is 13.8 Å². The summed E-state index contributed by atoms with van der Waals surface area (Å²) in [4.78, 5) is 14.0. The summed E-state index contributed by atoms with van der Waals surface area (Å²) in [7, 11) is 0. The van der Waals surface area contributed by atoms with Crippen molar-refractivity contribution in [3.63, 3.8) is 0 Å². The molecule has 0 amide bonds. The van der Waals surface area contributed by atoms with E-state index in [1.165, 1.54) is 11.2 Å². The molecule has 0 aliphatic rings. The van der Waals surface area contributed by atoms with Crippen LogP contribution in [0.2, 0.25) is 0 Å². The second-order valence-corrected chi connectivity index (χ2v) is 5.93. The van der Waals surface area contributed by atoms with Crippen LogP contribution in [-0.2, 0) is 0 Å². The fourth-order valence-electron chi connectivity index (χ4n) is 1.57. The number of anilines is 4. The molecule has 2 aromatic heterocycles. The first-order chi connectivity index (χ1) is 9.51. The van der Waals surface area contributed by atoms with Gasteiger partial charge in [-0.05, 0) is 27.2 Å². The first-order valence-electron chi connectivity index (χ1n) is 6.59. The molecule has 2 heterocycles. The van der Waals surface area contributed by atoms with Gasteiger partial charge in [-0.25, -0.2) is 15.0 Å². The molecular weight excluding hydrogens is 272 g/mol. The zero-order chi connectivity index (χ0) is 14.7. The van der Waals surface area contributed by atoms with Crippen molar-refractivity contribution >= 4 is 33.8 Å². The van der Waals surface area contributed by atoms with E-state index in [0.29, 0.717) is 23.4 Å². The predicted octanol–water partition coefficient (Wildman–Crippen LogP) is 3.09. The number of nitrogens with zero attached hydrogens (tertiary/aromatic N) is 3. The molecule has 0 radical (unpaired) electrons. The molecule has 0 saturated carbocycles. The first kappa shape index (κ1) is 14.5. The van der Waals surface area contributed by atoms with Crippen LogP contribution in [0.3, 0.4) is 0 Å². The Hall–Kier alpha value is -1.89. The van der Waals surface area contributed by atoms with Gasteiger partial charge in [0.1, 0.15) is 12.0 Å². The third-order valence-electron chi connectivity index (χ3n) is 3.13. The van der Waals surface area contributed by atoms with Crippen LogP contribution in [0, 0.1) is 13.8 Å². The van der Waals surface area contributed by atoms with Crippen molar-refractivity contribution in [3.8, 4) is 0 Å². The molecule has 2 aromatic rings. The van der Waals surface area contributed by atoms with Gasteiger partial charge >= 0.3 is 0 Å². The van der Waals surface area contributed by atoms with Gasteiger partial charge in [-0.15, -0.1) is 11.3 Å². The van der Waals surface area contributed by atoms with Gasteiger partial charge in [-0.1, -0.05) is 6.92 Å². The number of nitrogen functional groups attached to an aromatic ring is 1. The zero-order valence-electron chi connectivity index (χ0n) is 12.2.